The van der Waals surface area contributed by atoms with Gasteiger partial charge in [0.2, 0.25) is 0 Å². The molecule has 0 spiro atoms. The Labute approximate surface area is 155 Å². The molecule has 3 rings (SSSR count). The van der Waals surface area contributed by atoms with E-state index in [1.165, 1.54) is 36.0 Å². The molecule has 2 aromatic carbocycles. The number of carbonyl (C=O) groups is 1. The van der Waals surface area contributed by atoms with Crippen LogP contribution in [0.2, 0.25) is 0 Å². The average Bonchev–Trinajstić information content (AvgIpc) is 3.07. The molecule has 0 bridgehead atoms. The van der Waals surface area contributed by atoms with Gasteiger partial charge in [0.05, 0.1) is 11.3 Å². The lowest BCUT2D eigenvalue weighted by atomic mass is 10.1. The molecule has 0 unspecified atom stereocenters. The predicted molar refractivity (Wildman–Crippen MR) is 98.4 cm³/mol. The molecule has 0 saturated heterocycles. The fourth-order valence-corrected chi connectivity index (χ4v) is 2.98. The second-order valence-electron chi connectivity index (χ2n) is 5.82. The summed E-state index contributed by atoms with van der Waals surface area (Å²) in [5, 5.41) is 2.72. The molecule has 0 aliphatic rings. The van der Waals surface area contributed by atoms with Gasteiger partial charge in [0.1, 0.15) is 35.5 Å². The van der Waals surface area contributed by atoms with Crippen LogP contribution in [0.4, 0.5) is 4.39 Å². The second kappa shape index (κ2) is 8.10. The second-order valence-corrected chi connectivity index (χ2v) is 6.76. The van der Waals surface area contributed by atoms with Gasteiger partial charge in [-0.15, -0.1) is 11.3 Å². The number of hydrogen-bond acceptors (Lipinski definition) is 5. The summed E-state index contributed by atoms with van der Waals surface area (Å²) >= 11 is 1.48. The first-order valence-corrected chi connectivity index (χ1v) is 8.95. The maximum Gasteiger partial charge on any atom is 0.162 e. The predicted octanol–water partition coefficient (Wildman–Crippen LogP) is 4.95. The summed E-state index contributed by atoms with van der Waals surface area (Å²) in [7, 11) is 0. The van der Waals surface area contributed by atoms with Crippen LogP contribution in [0.5, 0.6) is 11.5 Å². The van der Waals surface area contributed by atoms with Crippen LogP contribution in [-0.2, 0) is 13.2 Å². The van der Waals surface area contributed by atoms with Crippen molar-refractivity contribution in [2.45, 2.75) is 27.1 Å². The molecule has 0 saturated carbocycles. The number of thiazole rings is 1. The third-order valence-electron chi connectivity index (χ3n) is 3.69. The van der Waals surface area contributed by atoms with Gasteiger partial charge >= 0.3 is 0 Å². The number of Topliss-reactive ketones (excluding diaryl/α,β-unsaturated/α-hetero) is 1. The number of aromatic nitrogens is 1. The SMILES string of the molecule is CC(=O)c1ccc(OCc2csc(COc3ccc(C)cc3)n2)cc1F. The summed E-state index contributed by atoms with van der Waals surface area (Å²) in [6.07, 6.45) is 0. The fourth-order valence-electron chi connectivity index (χ4n) is 2.29. The van der Waals surface area contributed by atoms with E-state index < -0.39 is 5.82 Å². The fraction of sp³-hybridized carbons (Fsp3) is 0.200. The molecule has 0 amide bonds. The smallest absolute Gasteiger partial charge is 0.162 e. The zero-order valence-corrected chi connectivity index (χ0v) is 15.3. The molecule has 1 aromatic heterocycles. The van der Waals surface area contributed by atoms with Crippen LogP contribution in [0, 0.1) is 12.7 Å². The molecule has 0 N–H and O–H groups in total. The number of carbonyl (C=O) groups excluding carboxylic acids is 1. The molecule has 26 heavy (non-hydrogen) atoms. The van der Waals surface area contributed by atoms with Crippen molar-refractivity contribution in [1.82, 2.24) is 4.98 Å². The highest BCUT2D eigenvalue weighted by molar-refractivity contribution is 7.09. The third-order valence-corrected chi connectivity index (χ3v) is 4.56. The maximum atomic E-state index is 13.8. The van der Waals surface area contributed by atoms with Gasteiger partial charge in [-0.25, -0.2) is 9.37 Å². The average molecular weight is 371 g/mol. The molecular weight excluding hydrogens is 353 g/mol. The highest BCUT2D eigenvalue weighted by atomic mass is 32.1. The van der Waals surface area contributed by atoms with Gasteiger partial charge in [0, 0.05) is 11.4 Å². The monoisotopic (exact) mass is 371 g/mol. The molecule has 0 radical (unpaired) electrons. The Morgan fingerprint density at radius 1 is 1.08 bits per heavy atom. The van der Waals surface area contributed by atoms with Crippen molar-refractivity contribution < 1.29 is 18.7 Å². The van der Waals surface area contributed by atoms with Crippen molar-refractivity contribution >= 4 is 17.1 Å². The molecule has 134 valence electrons. The van der Waals surface area contributed by atoms with Crippen molar-refractivity contribution in [2.24, 2.45) is 0 Å². The maximum absolute atomic E-state index is 13.8. The molecular formula is C20H18FNO3S. The van der Waals surface area contributed by atoms with Gasteiger partial charge in [-0.2, -0.15) is 0 Å². The number of hydrogen-bond donors (Lipinski definition) is 0. The molecule has 3 aromatic rings. The van der Waals surface area contributed by atoms with Crippen LogP contribution < -0.4 is 9.47 Å². The summed E-state index contributed by atoms with van der Waals surface area (Å²) in [6.45, 7) is 3.96. The topological polar surface area (TPSA) is 48.4 Å². The van der Waals surface area contributed by atoms with Gasteiger partial charge in [0.15, 0.2) is 5.78 Å². The lowest BCUT2D eigenvalue weighted by Gasteiger charge is -2.06. The number of ether oxygens (including phenoxy) is 2. The number of nitrogens with zero attached hydrogens (tertiary/aromatic N) is 1. The quantitative estimate of drug-likeness (QED) is 0.551. The van der Waals surface area contributed by atoms with E-state index in [0.717, 1.165) is 16.5 Å². The number of rotatable bonds is 7. The molecule has 0 aliphatic carbocycles. The van der Waals surface area contributed by atoms with Gasteiger partial charge in [-0.05, 0) is 38.1 Å². The van der Waals surface area contributed by atoms with Crippen LogP contribution in [0.1, 0.15) is 33.5 Å². The van der Waals surface area contributed by atoms with Gasteiger partial charge in [-0.1, -0.05) is 17.7 Å². The van der Waals surface area contributed by atoms with E-state index in [-0.39, 0.29) is 18.0 Å². The first-order chi connectivity index (χ1) is 12.5. The molecule has 6 heteroatoms. The van der Waals surface area contributed by atoms with Gasteiger partial charge in [0.25, 0.3) is 0 Å². The largest absolute Gasteiger partial charge is 0.487 e. The van der Waals surface area contributed by atoms with Crippen LogP contribution in [0.15, 0.2) is 47.8 Å². The Bertz CT molecular complexity index is 906. The van der Waals surface area contributed by atoms with Crippen molar-refractivity contribution in [3.63, 3.8) is 0 Å². The van der Waals surface area contributed by atoms with Crippen molar-refractivity contribution in [3.05, 3.63) is 75.5 Å². The van der Waals surface area contributed by atoms with E-state index in [4.69, 9.17) is 9.47 Å². The Morgan fingerprint density at radius 3 is 2.46 bits per heavy atom. The number of benzene rings is 2. The summed E-state index contributed by atoms with van der Waals surface area (Å²) in [6, 6.07) is 12.0. The van der Waals surface area contributed by atoms with E-state index in [9.17, 15) is 9.18 Å². The summed E-state index contributed by atoms with van der Waals surface area (Å²) in [5.74, 6) is 0.259. The van der Waals surface area contributed by atoms with E-state index in [1.54, 1.807) is 6.07 Å². The standard InChI is InChI=1S/C20H18FNO3S/c1-13-3-5-16(6-4-13)25-11-20-22-15(12-26-20)10-24-17-7-8-18(14(2)23)19(21)9-17/h3-9,12H,10-11H2,1-2H3. The van der Waals surface area contributed by atoms with E-state index >= 15 is 0 Å². The zero-order chi connectivity index (χ0) is 18.5. The minimum Gasteiger partial charge on any atom is -0.487 e. The number of halogens is 1. The highest BCUT2D eigenvalue weighted by Gasteiger charge is 2.09. The minimum atomic E-state index is -0.583. The molecule has 0 aliphatic heterocycles. The first kappa shape index (κ1) is 18.1. The highest BCUT2D eigenvalue weighted by Crippen LogP contribution is 2.20. The van der Waals surface area contributed by atoms with Crippen molar-refractivity contribution in [1.29, 1.82) is 0 Å². The minimum absolute atomic E-state index is 0.0570. The number of ketones is 1. The van der Waals surface area contributed by atoms with Crippen LogP contribution in [-0.4, -0.2) is 10.8 Å². The molecule has 1 heterocycles. The Morgan fingerprint density at radius 2 is 1.77 bits per heavy atom. The normalized spacial score (nSPS) is 10.6. The van der Waals surface area contributed by atoms with Crippen molar-refractivity contribution in [2.75, 3.05) is 0 Å². The van der Waals surface area contributed by atoms with E-state index in [1.807, 2.05) is 36.6 Å². The lowest BCUT2D eigenvalue weighted by molar-refractivity contribution is 0.101. The lowest BCUT2D eigenvalue weighted by Crippen LogP contribution is -2.01. The van der Waals surface area contributed by atoms with Crippen LogP contribution >= 0.6 is 11.3 Å². The first-order valence-electron chi connectivity index (χ1n) is 8.07. The number of aryl methyl sites for hydroxylation is 1. The molecule has 0 fully saturated rings. The zero-order valence-electron chi connectivity index (χ0n) is 14.5. The van der Waals surface area contributed by atoms with Crippen molar-refractivity contribution in [3.8, 4) is 11.5 Å². The summed E-state index contributed by atoms with van der Waals surface area (Å²) in [4.78, 5) is 15.7. The van der Waals surface area contributed by atoms with E-state index in [0.29, 0.717) is 12.4 Å². The Balaban J connectivity index is 1.54. The Kier molecular flexibility index (Phi) is 5.63. The van der Waals surface area contributed by atoms with Gasteiger partial charge < -0.3 is 9.47 Å². The van der Waals surface area contributed by atoms with E-state index in [2.05, 4.69) is 4.98 Å². The van der Waals surface area contributed by atoms with Crippen LogP contribution in [0.3, 0.4) is 0 Å². The van der Waals surface area contributed by atoms with Gasteiger partial charge in [-0.3, -0.25) is 4.79 Å². The summed E-state index contributed by atoms with van der Waals surface area (Å²) < 4.78 is 25.0. The van der Waals surface area contributed by atoms with Crippen LogP contribution in [0.25, 0.3) is 0 Å². The Hall–Kier alpha value is -2.73. The summed E-state index contributed by atoms with van der Waals surface area (Å²) in [5.41, 5.74) is 1.98. The third kappa shape index (κ3) is 4.67. The molecule has 0 atom stereocenters. The molecule has 4 nitrogen and oxygen atoms in total.